The van der Waals surface area contributed by atoms with Gasteiger partial charge in [-0.25, -0.2) is 0 Å². The third kappa shape index (κ3) is 2.03. The summed E-state index contributed by atoms with van der Waals surface area (Å²) in [5.74, 6) is 0. The van der Waals surface area contributed by atoms with Gasteiger partial charge in [-0.05, 0) is 55.2 Å². The molecule has 3 aromatic rings. The minimum atomic E-state index is 0.125. The van der Waals surface area contributed by atoms with Gasteiger partial charge in [-0.2, -0.15) is 0 Å². The van der Waals surface area contributed by atoms with Crippen LogP contribution in [0.15, 0.2) is 53.0 Å². The van der Waals surface area contributed by atoms with Gasteiger partial charge in [-0.15, -0.1) is 0 Å². The van der Waals surface area contributed by atoms with Crippen LogP contribution in [0, 0.1) is 0 Å². The molecule has 1 aromatic heterocycles. The fraction of sp³-hybridized carbons (Fsp3) is 0.222. The first-order valence-corrected chi connectivity index (χ1v) is 8.19. The molecule has 0 aliphatic heterocycles. The number of aryl methyl sites for hydroxylation is 1. The molecule has 106 valence electrons. The summed E-state index contributed by atoms with van der Waals surface area (Å²) in [4.78, 5) is 0. The lowest BCUT2D eigenvalue weighted by molar-refractivity contribution is 0.552. The molecule has 0 saturated heterocycles. The number of aromatic nitrogens is 1. The fourth-order valence-corrected chi connectivity index (χ4v) is 3.85. The molecule has 1 atom stereocenters. The highest BCUT2D eigenvalue weighted by molar-refractivity contribution is 9.10. The van der Waals surface area contributed by atoms with Crippen molar-refractivity contribution in [3.8, 4) is 5.69 Å². The van der Waals surface area contributed by atoms with E-state index < -0.39 is 0 Å². The van der Waals surface area contributed by atoms with Crippen LogP contribution in [-0.2, 0) is 6.42 Å². The quantitative estimate of drug-likeness (QED) is 0.682. The average Bonchev–Trinajstić information content (AvgIpc) is 2.83. The monoisotopic (exact) mass is 340 g/mol. The Kier molecular flexibility index (Phi) is 3.12. The summed E-state index contributed by atoms with van der Waals surface area (Å²) >= 11 is 3.60. The summed E-state index contributed by atoms with van der Waals surface area (Å²) in [7, 11) is 0. The number of para-hydroxylation sites is 1. The predicted octanol–water partition coefficient (Wildman–Crippen LogP) is 4.73. The fourth-order valence-electron chi connectivity index (χ4n) is 3.49. The first-order chi connectivity index (χ1) is 10.3. The number of halogens is 1. The summed E-state index contributed by atoms with van der Waals surface area (Å²) in [6.07, 6.45) is 3.36. The van der Waals surface area contributed by atoms with E-state index in [1.807, 2.05) is 0 Å². The van der Waals surface area contributed by atoms with Gasteiger partial charge in [-0.3, -0.25) is 0 Å². The Labute approximate surface area is 132 Å². The van der Waals surface area contributed by atoms with Crippen LogP contribution in [0.5, 0.6) is 0 Å². The molecular formula is C18H17BrN2. The molecule has 3 heteroatoms. The van der Waals surface area contributed by atoms with Gasteiger partial charge in [0, 0.05) is 27.3 Å². The van der Waals surface area contributed by atoms with Crippen molar-refractivity contribution in [2.45, 2.75) is 25.3 Å². The summed E-state index contributed by atoms with van der Waals surface area (Å²) in [5.41, 5.74) is 11.6. The van der Waals surface area contributed by atoms with Gasteiger partial charge in [0.05, 0.1) is 5.52 Å². The smallest absolute Gasteiger partial charge is 0.0535 e. The number of benzene rings is 2. The highest BCUT2D eigenvalue weighted by Crippen LogP contribution is 2.39. The molecule has 0 radical (unpaired) electrons. The van der Waals surface area contributed by atoms with E-state index in [9.17, 15) is 0 Å². The Hall–Kier alpha value is -1.58. The Morgan fingerprint density at radius 2 is 1.90 bits per heavy atom. The molecule has 0 amide bonds. The lowest BCUT2D eigenvalue weighted by Crippen LogP contribution is -2.20. The van der Waals surface area contributed by atoms with Crippen LogP contribution in [0.2, 0.25) is 0 Å². The van der Waals surface area contributed by atoms with E-state index in [-0.39, 0.29) is 6.04 Å². The zero-order valence-corrected chi connectivity index (χ0v) is 13.3. The first-order valence-electron chi connectivity index (χ1n) is 7.39. The average molecular weight is 341 g/mol. The van der Waals surface area contributed by atoms with Gasteiger partial charge in [0.1, 0.15) is 0 Å². The lowest BCUT2D eigenvalue weighted by atomic mass is 9.92. The Balaban J connectivity index is 2.12. The van der Waals surface area contributed by atoms with Crippen molar-refractivity contribution in [2.24, 2.45) is 5.73 Å². The van der Waals surface area contributed by atoms with Gasteiger partial charge in [0.2, 0.25) is 0 Å². The maximum Gasteiger partial charge on any atom is 0.0535 e. The zero-order chi connectivity index (χ0) is 14.4. The molecule has 1 heterocycles. The third-order valence-electron chi connectivity index (χ3n) is 4.38. The zero-order valence-electron chi connectivity index (χ0n) is 11.7. The number of fused-ring (bicyclic) bond motifs is 3. The van der Waals surface area contributed by atoms with Crippen LogP contribution in [0.1, 0.15) is 30.1 Å². The van der Waals surface area contributed by atoms with Crippen molar-refractivity contribution < 1.29 is 0 Å². The second-order valence-electron chi connectivity index (χ2n) is 5.69. The molecule has 1 unspecified atom stereocenters. The van der Waals surface area contributed by atoms with E-state index in [2.05, 4.69) is 69.0 Å². The van der Waals surface area contributed by atoms with Gasteiger partial charge < -0.3 is 10.3 Å². The van der Waals surface area contributed by atoms with E-state index in [1.165, 1.54) is 34.3 Å². The minimum Gasteiger partial charge on any atom is -0.323 e. The van der Waals surface area contributed by atoms with Gasteiger partial charge in [0.25, 0.3) is 0 Å². The molecular weight excluding hydrogens is 324 g/mol. The minimum absolute atomic E-state index is 0.125. The largest absolute Gasteiger partial charge is 0.323 e. The lowest BCUT2D eigenvalue weighted by Gasteiger charge is -2.22. The maximum atomic E-state index is 6.45. The highest BCUT2D eigenvalue weighted by Gasteiger charge is 2.25. The second-order valence-corrected chi connectivity index (χ2v) is 6.61. The maximum absolute atomic E-state index is 6.45. The molecule has 21 heavy (non-hydrogen) atoms. The predicted molar refractivity (Wildman–Crippen MR) is 90.8 cm³/mol. The van der Waals surface area contributed by atoms with Gasteiger partial charge in [-0.1, -0.05) is 34.1 Å². The number of hydrogen-bond donors (Lipinski definition) is 1. The van der Waals surface area contributed by atoms with Crippen LogP contribution in [0.4, 0.5) is 0 Å². The molecule has 1 aliphatic carbocycles. The molecule has 2 N–H and O–H groups in total. The number of rotatable bonds is 1. The standard InChI is InChI=1S/C18H17BrN2/c19-12-9-10-17-15(11-12)14-7-4-8-16(20)18(14)21(17)13-5-2-1-3-6-13/h1-3,5-6,9-11,16H,4,7-8,20H2. The molecule has 0 saturated carbocycles. The first kappa shape index (κ1) is 13.1. The van der Waals surface area contributed by atoms with Crippen LogP contribution in [0.25, 0.3) is 16.6 Å². The molecule has 0 fully saturated rings. The number of hydrogen-bond acceptors (Lipinski definition) is 1. The van der Waals surface area contributed by atoms with Crippen molar-refractivity contribution in [1.29, 1.82) is 0 Å². The van der Waals surface area contributed by atoms with Crippen molar-refractivity contribution in [1.82, 2.24) is 4.57 Å². The van der Waals surface area contributed by atoms with E-state index in [4.69, 9.17) is 5.73 Å². The van der Waals surface area contributed by atoms with E-state index in [0.717, 1.165) is 17.3 Å². The van der Waals surface area contributed by atoms with Crippen LogP contribution >= 0.6 is 15.9 Å². The molecule has 2 nitrogen and oxygen atoms in total. The normalized spacial score (nSPS) is 17.9. The molecule has 1 aliphatic rings. The second kappa shape index (κ2) is 5.00. The summed E-state index contributed by atoms with van der Waals surface area (Å²) in [6.45, 7) is 0. The van der Waals surface area contributed by atoms with Crippen molar-refractivity contribution in [3.63, 3.8) is 0 Å². The van der Waals surface area contributed by atoms with E-state index in [1.54, 1.807) is 0 Å². The molecule has 4 rings (SSSR count). The van der Waals surface area contributed by atoms with Crippen molar-refractivity contribution in [3.05, 3.63) is 64.3 Å². The Bertz CT molecular complexity index is 805. The van der Waals surface area contributed by atoms with Gasteiger partial charge >= 0.3 is 0 Å². The highest BCUT2D eigenvalue weighted by atomic mass is 79.9. The van der Waals surface area contributed by atoms with Crippen molar-refractivity contribution in [2.75, 3.05) is 0 Å². The third-order valence-corrected chi connectivity index (χ3v) is 4.88. The van der Waals surface area contributed by atoms with Crippen LogP contribution < -0.4 is 5.73 Å². The summed E-state index contributed by atoms with van der Waals surface area (Å²) < 4.78 is 3.48. The topological polar surface area (TPSA) is 30.9 Å². The number of nitrogens with two attached hydrogens (primary N) is 1. The SMILES string of the molecule is NC1CCCc2c1n(-c1ccccc1)c1ccc(Br)cc21. The van der Waals surface area contributed by atoms with Crippen molar-refractivity contribution >= 4 is 26.8 Å². The molecule has 2 aromatic carbocycles. The summed E-state index contributed by atoms with van der Waals surface area (Å²) in [6, 6.07) is 17.2. The Morgan fingerprint density at radius 3 is 2.71 bits per heavy atom. The Morgan fingerprint density at radius 1 is 1.10 bits per heavy atom. The van der Waals surface area contributed by atoms with Crippen LogP contribution in [-0.4, -0.2) is 4.57 Å². The number of nitrogens with zero attached hydrogens (tertiary/aromatic N) is 1. The summed E-state index contributed by atoms with van der Waals surface area (Å²) in [5, 5.41) is 1.33. The van der Waals surface area contributed by atoms with Gasteiger partial charge in [0.15, 0.2) is 0 Å². The van der Waals surface area contributed by atoms with E-state index >= 15 is 0 Å². The molecule has 0 spiro atoms. The molecule has 0 bridgehead atoms. The van der Waals surface area contributed by atoms with E-state index in [0.29, 0.717) is 0 Å². The van der Waals surface area contributed by atoms with Crippen LogP contribution in [0.3, 0.4) is 0 Å².